The fourth-order valence-corrected chi connectivity index (χ4v) is 6.43. The van der Waals surface area contributed by atoms with Gasteiger partial charge in [-0.25, -0.2) is 8.42 Å². The predicted molar refractivity (Wildman–Crippen MR) is 118 cm³/mol. The summed E-state index contributed by atoms with van der Waals surface area (Å²) in [6.07, 6.45) is 3.31. The summed E-state index contributed by atoms with van der Waals surface area (Å²) >= 11 is 1.58. The van der Waals surface area contributed by atoms with Gasteiger partial charge in [-0.3, -0.25) is 0 Å². The Balaban J connectivity index is 1.57. The van der Waals surface area contributed by atoms with Crippen LogP contribution in [-0.4, -0.2) is 36.0 Å². The molecule has 6 nitrogen and oxygen atoms in total. The highest BCUT2D eigenvalue weighted by Gasteiger charge is 2.25. The summed E-state index contributed by atoms with van der Waals surface area (Å²) in [5.41, 5.74) is 3.32. The number of aryl methyl sites for hydroxylation is 1. The number of fused-ring (bicyclic) bond motifs is 1. The van der Waals surface area contributed by atoms with Crippen LogP contribution in [-0.2, 0) is 16.4 Å². The molecule has 0 N–H and O–H groups in total. The quantitative estimate of drug-likeness (QED) is 0.515. The van der Waals surface area contributed by atoms with E-state index in [9.17, 15) is 8.42 Å². The maximum atomic E-state index is 12.8. The van der Waals surface area contributed by atoms with Gasteiger partial charge in [0.2, 0.25) is 15.9 Å². The maximum absolute atomic E-state index is 12.8. The summed E-state index contributed by atoms with van der Waals surface area (Å²) in [4.78, 5) is 0.234. The molecule has 0 spiro atoms. The van der Waals surface area contributed by atoms with E-state index in [1.165, 1.54) is 15.4 Å². The van der Waals surface area contributed by atoms with E-state index < -0.39 is 10.0 Å². The van der Waals surface area contributed by atoms with Crippen LogP contribution >= 0.6 is 11.8 Å². The lowest BCUT2D eigenvalue weighted by Gasteiger charge is -2.23. The second-order valence-electron chi connectivity index (χ2n) is 7.19. The summed E-state index contributed by atoms with van der Waals surface area (Å²) in [6.45, 7) is 4.51. The predicted octanol–water partition coefficient (Wildman–Crippen LogP) is 4.94. The van der Waals surface area contributed by atoms with Crippen molar-refractivity contribution >= 4 is 21.8 Å². The van der Waals surface area contributed by atoms with Gasteiger partial charge in [-0.05, 0) is 48.6 Å². The molecule has 3 aromatic rings. The van der Waals surface area contributed by atoms with Crippen molar-refractivity contribution in [2.75, 3.05) is 13.1 Å². The van der Waals surface area contributed by atoms with Crippen molar-refractivity contribution in [3.63, 3.8) is 0 Å². The number of rotatable bonds is 7. The van der Waals surface area contributed by atoms with Gasteiger partial charge in [-0.15, -0.1) is 10.2 Å². The molecule has 1 aromatic heterocycles. The average molecular weight is 444 g/mol. The van der Waals surface area contributed by atoms with Crippen LogP contribution < -0.4 is 0 Å². The van der Waals surface area contributed by atoms with Crippen molar-refractivity contribution in [3.05, 3.63) is 59.7 Å². The Morgan fingerprint density at radius 1 is 1.10 bits per heavy atom. The third-order valence-corrected chi connectivity index (χ3v) is 8.57. The van der Waals surface area contributed by atoms with E-state index in [0.29, 0.717) is 29.8 Å². The molecule has 1 unspecified atom stereocenters. The molecule has 1 aliphatic carbocycles. The fraction of sp³-hybridized carbons (Fsp3) is 0.364. The zero-order chi connectivity index (χ0) is 21.1. The molecule has 8 heteroatoms. The largest absolute Gasteiger partial charge is 0.411 e. The van der Waals surface area contributed by atoms with E-state index in [1.807, 2.05) is 13.8 Å². The minimum Gasteiger partial charge on any atom is -0.411 e. The highest BCUT2D eigenvalue weighted by molar-refractivity contribution is 7.99. The molecule has 4 rings (SSSR count). The van der Waals surface area contributed by atoms with Crippen molar-refractivity contribution in [1.82, 2.24) is 14.5 Å². The first-order valence-electron chi connectivity index (χ1n) is 10.2. The second kappa shape index (κ2) is 8.91. The standard InChI is InChI=1S/C22H25N3O3S2/c1-3-25(4-2)30(26,27)18-12-7-11-17(15-18)21-23-24-22(28-21)29-20-14-8-10-16-9-5-6-13-19(16)20/h5-7,9,11-13,15,20H,3-4,8,10,14H2,1-2H3. The van der Waals surface area contributed by atoms with Gasteiger partial charge in [0, 0.05) is 23.9 Å². The summed E-state index contributed by atoms with van der Waals surface area (Å²) in [7, 11) is -3.54. The van der Waals surface area contributed by atoms with Gasteiger partial charge in [0.1, 0.15) is 0 Å². The summed E-state index contributed by atoms with van der Waals surface area (Å²) in [5, 5.41) is 9.17. The van der Waals surface area contributed by atoms with Crippen LogP contribution in [0.4, 0.5) is 0 Å². The highest BCUT2D eigenvalue weighted by Crippen LogP contribution is 2.43. The van der Waals surface area contributed by atoms with Gasteiger partial charge in [-0.2, -0.15) is 4.31 Å². The number of thioether (sulfide) groups is 1. The number of hydrogen-bond donors (Lipinski definition) is 0. The monoisotopic (exact) mass is 443 g/mol. The molecule has 30 heavy (non-hydrogen) atoms. The first-order chi connectivity index (χ1) is 14.5. The Kier molecular flexibility index (Phi) is 6.26. The molecule has 0 bridgehead atoms. The SMILES string of the molecule is CCN(CC)S(=O)(=O)c1cccc(-c2nnc(SC3CCCc4ccccc43)o2)c1. The molecular formula is C22H25N3O3S2. The van der Waals surface area contributed by atoms with Gasteiger partial charge in [0.25, 0.3) is 5.22 Å². The summed E-state index contributed by atoms with van der Waals surface area (Å²) in [6, 6.07) is 15.2. The van der Waals surface area contributed by atoms with E-state index in [4.69, 9.17) is 4.42 Å². The van der Waals surface area contributed by atoms with Crippen molar-refractivity contribution in [2.24, 2.45) is 0 Å². The Hall–Kier alpha value is -2.16. The minimum atomic E-state index is -3.54. The number of nitrogens with zero attached hydrogens (tertiary/aromatic N) is 3. The zero-order valence-corrected chi connectivity index (χ0v) is 18.7. The number of sulfonamides is 1. The highest BCUT2D eigenvalue weighted by atomic mass is 32.2. The number of hydrogen-bond acceptors (Lipinski definition) is 6. The topological polar surface area (TPSA) is 76.3 Å². The molecule has 0 radical (unpaired) electrons. The lowest BCUT2D eigenvalue weighted by atomic mass is 9.91. The Morgan fingerprint density at radius 3 is 2.70 bits per heavy atom. The van der Waals surface area contributed by atoms with Gasteiger partial charge >= 0.3 is 0 Å². The Morgan fingerprint density at radius 2 is 1.90 bits per heavy atom. The second-order valence-corrected chi connectivity index (χ2v) is 10.3. The first kappa shape index (κ1) is 21.1. The fourth-order valence-electron chi connectivity index (χ4n) is 3.83. The van der Waals surface area contributed by atoms with Gasteiger partial charge in [-0.1, -0.05) is 55.9 Å². The molecule has 0 saturated carbocycles. The molecule has 0 aliphatic heterocycles. The smallest absolute Gasteiger partial charge is 0.277 e. The third-order valence-electron chi connectivity index (χ3n) is 5.39. The van der Waals surface area contributed by atoms with Gasteiger partial charge in [0.05, 0.1) is 4.90 Å². The molecule has 1 heterocycles. The van der Waals surface area contributed by atoms with Crippen LogP contribution in [0.3, 0.4) is 0 Å². The third kappa shape index (κ3) is 4.17. The molecule has 0 amide bonds. The maximum Gasteiger partial charge on any atom is 0.277 e. The zero-order valence-electron chi connectivity index (χ0n) is 17.1. The van der Waals surface area contributed by atoms with E-state index in [-0.39, 0.29) is 10.1 Å². The first-order valence-corrected chi connectivity index (χ1v) is 12.5. The van der Waals surface area contributed by atoms with Crippen molar-refractivity contribution in [3.8, 4) is 11.5 Å². The number of benzene rings is 2. The lowest BCUT2D eigenvalue weighted by Crippen LogP contribution is -2.30. The molecular weight excluding hydrogens is 418 g/mol. The van der Waals surface area contributed by atoms with Crippen LogP contribution in [0, 0.1) is 0 Å². The van der Waals surface area contributed by atoms with Crippen molar-refractivity contribution in [1.29, 1.82) is 0 Å². The normalized spacial score (nSPS) is 16.6. The van der Waals surface area contributed by atoms with Gasteiger partial charge in [0.15, 0.2) is 0 Å². The van der Waals surface area contributed by atoms with Crippen molar-refractivity contribution < 1.29 is 12.8 Å². The minimum absolute atomic E-state index is 0.234. The number of aromatic nitrogens is 2. The van der Waals surface area contributed by atoms with E-state index in [1.54, 1.807) is 36.0 Å². The Labute approximate surface area is 181 Å². The van der Waals surface area contributed by atoms with E-state index in [2.05, 4.69) is 34.5 Å². The molecule has 2 aromatic carbocycles. The van der Waals surface area contributed by atoms with Gasteiger partial charge < -0.3 is 4.42 Å². The summed E-state index contributed by atoms with van der Waals surface area (Å²) in [5.74, 6) is 0.332. The van der Waals surface area contributed by atoms with Crippen LogP contribution in [0.15, 0.2) is 63.1 Å². The average Bonchev–Trinajstić information content (AvgIpc) is 3.23. The van der Waals surface area contributed by atoms with E-state index in [0.717, 1.165) is 19.3 Å². The van der Waals surface area contributed by atoms with Crippen molar-refractivity contribution in [2.45, 2.75) is 48.5 Å². The molecule has 158 valence electrons. The van der Waals surface area contributed by atoms with Crippen LogP contribution in [0.5, 0.6) is 0 Å². The van der Waals surface area contributed by atoms with Crippen LogP contribution in [0.2, 0.25) is 0 Å². The van der Waals surface area contributed by atoms with Crippen LogP contribution in [0.25, 0.3) is 11.5 Å². The molecule has 1 atom stereocenters. The molecule has 0 saturated heterocycles. The summed E-state index contributed by atoms with van der Waals surface area (Å²) < 4.78 is 33.0. The Bertz CT molecular complexity index is 1120. The van der Waals surface area contributed by atoms with E-state index >= 15 is 0 Å². The molecule has 0 fully saturated rings. The molecule has 1 aliphatic rings. The lowest BCUT2D eigenvalue weighted by molar-refractivity contribution is 0.445. The van der Waals surface area contributed by atoms with Crippen LogP contribution in [0.1, 0.15) is 43.1 Å².